The summed E-state index contributed by atoms with van der Waals surface area (Å²) in [6, 6.07) is -0.687. The molecule has 2 unspecified atom stereocenters. The van der Waals surface area contributed by atoms with Gasteiger partial charge in [-0.05, 0) is 25.2 Å². The minimum absolute atomic E-state index is 0.0389. The van der Waals surface area contributed by atoms with E-state index in [4.69, 9.17) is 0 Å². The van der Waals surface area contributed by atoms with Gasteiger partial charge in [-0.3, -0.25) is 9.59 Å². The minimum Gasteiger partial charge on any atom is -0.342 e. The molecule has 120 valence electrons. The molecule has 1 heterocycles. The summed E-state index contributed by atoms with van der Waals surface area (Å²) in [4.78, 5) is 27.0. The second kappa shape index (κ2) is 8.06. The highest BCUT2D eigenvalue weighted by molar-refractivity contribution is 7.80. The van der Waals surface area contributed by atoms with Crippen molar-refractivity contribution >= 4 is 24.4 Å². The van der Waals surface area contributed by atoms with Crippen molar-refractivity contribution in [3.05, 3.63) is 0 Å². The smallest absolute Gasteiger partial charge is 0.246 e. The van der Waals surface area contributed by atoms with Crippen LogP contribution in [0.3, 0.4) is 0 Å². The van der Waals surface area contributed by atoms with Crippen LogP contribution in [0.2, 0.25) is 0 Å². The Kier molecular flexibility index (Phi) is 6.40. The SMILES string of the molecule is CCCCCN1C(=O)C(CS)NC(=O)C1C1CCCCC1. The lowest BCUT2D eigenvalue weighted by Gasteiger charge is -2.43. The molecule has 0 aromatic heterocycles. The van der Waals surface area contributed by atoms with Crippen molar-refractivity contribution in [2.75, 3.05) is 12.3 Å². The molecule has 2 rings (SSSR count). The molecule has 0 bridgehead atoms. The van der Waals surface area contributed by atoms with E-state index in [9.17, 15) is 9.59 Å². The second-order valence-electron chi connectivity index (χ2n) is 6.33. The first kappa shape index (κ1) is 16.7. The molecule has 1 aliphatic carbocycles. The average molecular weight is 312 g/mol. The van der Waals surface area contributed by atoms with E-state index in [-0.39, 0.29) is 17.9 Å². The number of amides is 2. The largest absolute Gasteiger partial charge is 0.342 e. The van der Waals surface area contributed by atoms with E-state index in [1.165, 1.54) is 19.3 Å². The van der Waals surface area contributed by atoms with Crippen molar-refractivity contribution in [1.29, 1.82) is 0 Å². The summed E-state index contributed by atoms with van der Waals surface area (Å²) < 4.78 is 0. The number of carbonyl (C=O) groups is 2. The number of thiol groups is 1. The van der Waals surface area contributed by atoms with Crippen LogP contribution in [0.25, 0.3) is 0 Å². The Labute approximate surface area is 133 Å². The van der Waals surface area contributed by atoms with Gasteiger partial charge in [0.05, 0.1) is 0 Å². The predicted molar refractivity (Wildman–Crippen MR) is 87.4 cm³/mol. The van der Waals surface area contributed by atoms with Gasteiger partial charge in [-0.25, -0.2) is 0 Å². The third-order valence-corrected chi connectivity index (χ3v) is 5.15. The van der Waals surface area contributed by atoms with E-state index in [1.807, 2.05) is 4.90 Å². The van der Waals surface area contributed by atoms with E-state index in [0.29, 0.717) is 18.2 Å². The summed E-state index contributed by atoms with van der Waals surface area (Å²) in [5.41, 5.74) is 0. The molecule has 2 fully saturated rings. The zero-order valence-corrected chi connectivity index (χ0v) is 13.9. The Morgan fingerprint density at radius 3 is 2.52 bits per heavy atom. The lowest BCUT2D eigenvalue weighted by atomic mass is 9.81. The third-order valence-electron chi connectivity index (χ3n) is 4.78. The van der Waals surface area contributed by atoms with Crippen LogP contribution in [0, 0.1) is 5.92 Å². The summed E-state index contributed by atoms with van der Waals surface area (Å²) in [6.45, 7) is 2.87. The van der Waals surface area contributed by atoms with Crippen LogP contribution in [0.4, 0.5) is 0 Å². The minimum atomic E-state index is -0.442. The van der Waals surface area contributed by atoms with Gasteiger partial charge in [0.1, 0.15) is 12.1 Å². The van der Waals surface area contributed by atoms with Crippen LogP contribution in [-0.2, 0) is 9.59 Å². The molecule has 5 heteroatoms. The maximum Gasteiger partial charge on any atom is 0.246 e. The van der Waals surface area contributed by atoms with E-state index in [0.717, 1.165) is 32.1 Å². The van der Waals surface area contributed by atoms with E-state index >= 15 is 0 Å². The van der Waals surface area contributed by atoms with Gasteiger partial charge in [0.2, 0.25) is 11.8 Å². The van der Waals surface area contributed by atoms with Gasteiger partial charge in [0.15, 0.2) is 0 Å². The van der Waals surface area contributed by atoms with Gasteiger partial charge >= 0.3 is 0 Å². The summed E-state index contributed by atoms with van der Waals surface area (Å²) >= 11 is 4.21. The summed E-state index contributed by atoms with van der Waals surface area (Å²) in [5.74, 6) is 0.824. The molecule has 2 aliphatic rings. The molecule has 1 aliphatic heterocycles. The van der Waals surface area contributed by atoms with Crippen LogP contribution >= 0.6 is 12.6 Å². The average Bonchev–Trinajstić information content (AvgIpc) is 2.51. The molecule has 21 heavy (non-hydrogen) atoms. The number of hydrogen-bond acceptors (Lipinski definition) is 3. The van der Waals surface area contributed by atoms with E-state index < -0.39 is 6.04 Å². The summed E-state index contributed by atoms with van der Waals surface area (Å²) in [7, 11) is 0. The van der Waals surface area contributed by atoms with Gasteiger partial charge in [-0.1, -0.05) is 39.0 Å². The maximum atomic E-state index is 12.6. The van der Waals surface area contributed by atoms with Crippen molar-refractivity contribution < 1.29 is 9.59 Å². The molecular formula is C16H28N2O2S. The van der Waals surface area contributed by atoms with Crippen molar-refractivity contribution in [3.8, 4) is 0 Å². The normalized spacial score (nSPS) is 27.8. The number of hydrogen-bond donors (Lipinski definition) is 2. The van der Waals surface area contributed by atoms with Crippen molar-refractivity contribution in [3.63, 3.8) is 0 Å². The van der Waals surface area contributed by atoms with Gasteiger partial charge in [-0.15, -0.1) is 0 Å². The maximum absolute atomic E-state index is 12.6. The zero-order valence-electron chi connectivity index (χ0n) is 13.0. The monoisotopic (exact) mass is 312 g/mol. The Bertz CT molecular complexity index is 369. The summed E-state index contributed by atoms with van der Waals surface area (Å²) in [5, 5.41) is 2.88. The van der Waals surface area contributed by atoms with Crippen molar-refractivity contribution in [2.24, 2.45) is 5.92 Å². The molecule has 0 aromatic rings. The molecule has 0 radical (unpaired) electrons. The molecule has 1 saturated heterocycles. The Balaban J connectivity index is 2.12. The number of carbonyl (C=O) groups excluding carboxylic acids is 2. The first-order valence-electron chi connectivity index (χ1n) is 8.40. The van der Waals surface area contributed by atoms with Crippen LogP contribution in [-0.4, -0.2) is 41.1 Å². The Morgan fingerprint density at radius 2 is 1.90 bits per heavy atom. The van der Waals surface area contributed by atoms with Gasteiger partial charge < -0.3 is 10.2 Å². The van der Waals surface area contributed by atoms with Gasteiger partial charge in [0.25, 0.3) is 0 Å². The van der Waals surface area contributed by atoms with Crippen molar-refractivity contribution in [2.45, 2.75) is 70.4 Å². The van der Waals surface area contributed by atoms with E-state index in [1.54, 1.807) is 0 Å². The zero-order chi connectivity index (χ0) is 15.2. The highest BCUT2D eigenvalue weighted by Crippen LogP contribution is 2.31. The highest BCUT2D eigenvalue weighted by atomic mass is 32.1. The number of nitrogens with zero attached hydrogens (tertiary/aromatic N) is 1. The lowest BCUT2D eigenvalue weighted by molar-refractivity contribution is -0.151. The molecule has 1 N–H and O–H groups in total. The molecule has 1 saturated carbocycles. The van der Waals surface area contributed by atoms with Crippen LogP contribution < -0.4 is 5.32 Å². The Morgan fingerprint density at radius 1 is 1.19 bits per heavy atom. The lowest BCUT2D eigenvalue weighted by Crippen LogP contribution is -2.66. The molecular weight excluding hydrogens is 284 g/mol. The summed E-state index contributed by atoms with van der Waals surface area (Å²) in [6.07, 6.45) is 8.98. The predicted octanol–water partition coefficient (Wildman–Crippen LogP) is 2.38. The fraction of sp³-hybridized carbons (Fsp3) is 0.875. The number of unbranched alkanes of at least 4 members (excludes halogenated alkanes) is 2. The molecule has 2 amide bonds. The van der Waals surface area contributed by atoms with E-state index in [2.05, 4.69) is 24.9 Å². The van der Waals surface area contributed by atoms with Crippen molar-refractivity contribution in [1.82, 2.24) is 10.2 Å². The first-order valence-corrected chi connectivity index (χ1v) is 9.04. The fourth-order valence-electron chi connectivity index (χ4n) is 3.62. The molecule has 4 nitrogen and oxygen atoms in total. The van der Waals surface area contributed by atoms with Crippen LogP contribution in [0.5, 0.6) is 0 Å². The fourth-order valence-corrected chi connectivity index (χ4v) is 3.87. The number of rotatable bonds is 6. The first-order chi connectivity index (χ1) is 10.2. The standard InChI is InChI=1S/C16H28N2O2S/c1-2-3-7-10-18-14(12-8-5-4-6-9-12)15(19)17-13(11-21)16(18)20/h12-14,21H,2-11H2,1H3,(H,17,19). The van der Waals surface area contributed by atoms with Gasteiger partial charge in [0, 0.05) is 12.3 Å². The third kappa shape index (κ3) is 3.93. The van der Waals surface area contributed by atoms with Gasteiger partial charge in [-0.2, -0.15) is 12.6 Å². The number of piperazine rings is 1. The number of nitrogens with one attached hydrogen (secondary N) is 1. The van der Waals surface area contributed by atoms with Crippen LogP contribution in [0.1, 0.15) is 58.3 Å². The molecule has 2 atom stereocenters. The quantitative estimate of drug-likeness (QED) is 0.584. The molecule has 0 aromatic carbocycles. The molecule has 0 spiro atoms. The topological polar surface area (TPSA) is 49.4 Å². The second-order valence-corrected chi connectivity index (χ2v) is 6.69. The van der Waals surface area contributed by atoms with Crippen LogP contribution in [0.15, 0.2) is 0 Å². The Hall–Kier alpha value is -0.710. The highest BCUT2D eigenvalue weighted by Gasteiger charge is 2.43.